The zero-order chi connectivity index (χ0) is 7.98. The molecule has 0 aromatic rings. The largest absolute Gasteiger partial charge is 0.0730 e. The monoisotopic (exact) mass is 138 g/mol. The molecule has 0 aromatic heterocycles. The Bertz CT molecular complexity index is 120. The summed E-state index contributed by atoms with van der Waals surface area (Å²) < 4.78 is 0. The lowest BCUT2D eigenvalue weighted by Crippen LogP contribution is -1.85. The van der Waals surface area contributed by atoms with E-state index in [1.54, 1.807) is 0 Å². The molecule has 58 valence electrons. The van der Waals surface area contributed by atoms with Gasteiger partial charge in [-0.1, -0.05) is 37.1 Å². The van der Waals surface area contributed by atoms with Gasteiger partial charge in [0.25, 0.3) is 0 Å². The van der Waals surface area contributed by atoms with Crippen LogP contribution in [0.3, 0.4) is 0 Å². The average molecular weight is 138 g/mol. The molecule has 0 unspecified atom stereocenters. The molecule has 0 atom stereocenters. The first-order valence-electron chi connectivity index (χ1n) is 4.12. The molecule has 0 radical (unpaired) electrons. The molecule has 0 nitrogen and oxygen atoms in total. The predicted octanol–water partition coefficient (Wildman–Crippen LogP) is 3.70. The van der Waals surface area contributed by atoms with Gasteiger partial charge in [-0.25, -0.2) is 0 Å². The molecular weight excluding hydrogens is 120 g/mol. The third kappa shape index (κ3) is 3.49. The normalized spacial score (nSPS) is 16.4. The van der Waals surface area contributed by atoms with Crippen LogP contribution >= 0.6 is 0 Å². The van der Waals surface area contributed by atoms with E-state index in [4.69, 9.17) is 0 Å². The Morgan fingerprint density at radius 1 is 0.900 bits per heavy atom. The highest BCUT2D eigenvalue weighted by molar-refractivity contribution is 5.20. The van der Waals surface area contributed by atoms with E-state index in [-0.39, 0.29) is 0 Å². The molecular formula is C10H18. The van der Waals surface area contributed by atoms with Crippen molar-refractivity contribution in [2.75, 3.05) is 0 Å². The smallest absolute Gasteiger partial charge is 0.0283 e. The fourth-order valence-electron chi connectivity index (χ4n) is 0.846. The summed E-state index contributed by atoms with van der Waals surface area (Å²) in [4.78, 5) is 0. The van der Waals surface area contributed by atoms with E-state index in [0.29, 0.717) is 0 Å². The molecule has 0 spiro atoms. The number of hydrogen-bond acceptors (Lipinski definition) is 0. The Morgan fingerprint density at radius 3 is 1.40 bits per heavy atom. The van der Waals surface area contributed by atoms with Gasteiger partial charge in [0.05, 0.1) is 0 Å². The molecule has 0 bridgehead atoms. The zero-order valence-electron chi connectivity index (χ0n) is 7.57. The minimum atomic E-state index is 1.27. The van der Waals surface area contributed by atoms with Gasteiger partial charge in [-0.3, -0.25) is 0 Å². The molecule has 0 amide bonds. The third-order valence-electron chi connectivity index (χ3n) is 1.57. The Hall–Kier alpha value is -0.520. The summed E-state index contributed by atoms with van der Waals surface area (Å²) in [5.74, 6) is 0. The second kappa shape index (κ2) is 5.28. The van der Waals surface area contributed by atoms with Crippen molar-refractivity contribution in [3.05, 3.63) is 23.3 Å². The van der Waals surface area contributed by atoms with E-state index in [9.17, 15) is 0 Å². The van der Waals surface area contributed by atoms with Crippen LogP contribution in [0.4, 0.5) is 0 Å². The van der Waals surface area contributed by atoms with Crippen molar-refractivity contribution in [2.24, 2.45) is 0 Å². The molecule has 0 saturated carbocycles. The van der Waals surface area contributed by atoms with Crippen LogP contribution in [0.5, 0.6) is 0 Å². The lowest BCUT2D eigenvalue weighted by atomic mass is 10.0. The van der Waals surface area contributed by atoms with Crippen LogP contribution in [0.15, 0.2) is 23.3 Å². The van der Waals surface area contributed by atoms with E-state index in [1.165, 1.54) is 24.0 Å². The van der Waals surface area contributed by atoms with E-state index in [1.807, 2.05) is 13.8 Å². The molecule has 0 heterocycles. The maximum absolute atomic E-state index is 2.21. The van der Waals surface area contributed by atoms with Gasteiger partial charge < -0.3 is 0 Å². The first-order chi connectivity index (χ1) is 4.79. The molecule has 1 aliphatic rings. The summed E-state index contributed by atoms with van der Waals surface area (Å²) >= 11 is 0. The van der Waals surface area contributed by atoms with Crippen LogP contribution in [0.1, 0.15) is 40.5 Å². The van der Waals surface area contributed by atoms with Crippen molar-refractivity contribution in [2.45, 2.75) is 40.5 Å². The zero-order valence-corrected chi connectivity index (χ0v) is 7.57. The van der Waals surface area contributed by atoms with Crippen molar-refractivity contribution in [3.63, 3.8) is 0 Å². The van der Waals surface area contributed by atoms with Crippen LogP contribution in [0.25, 0.3) is 0 Å². The second-order valence-electron chi connectivity index (χ2n) is 2.53. The molecule has 0 fully saturated rings. The van der Waals surface area contributed by atoms with Gasteiger partial charge in [-0.15, -0.1) is 0 Å². The third-order valence-corrected chi connectivity index (χ3v) is 1.57. The molecule has 10 heavy (non-hydrogen) atoms. The van der Waals surface area contributed by atoms with Crippen LogP contribution < -0.4 is 0 Å². The summed E-state index contributed by atoms with van der Waals surface area (Å²) in [6, 6.07) is 0. The van der Waals surface area contributed by atoms with Crippen LogP contribution in [-0.2, 0) is 0 Å². The highest BCUT2D eigenvalue weighted by atomic mass is 14.0. The van der Waals surface area contributed by atoms with Gasteiger partial charge in [0.15, 0.2) is 0 Å². The summed E-state index contributed by atoms with van der Waals surface area (Å²) in [6.45, 7) is 8.37. The molecule has 0 N–H and O–H groups in total. The van der Waals surface area contributed by atoms with Gasteiger partial charge in [-0.2, -0.15) is 0 Å². The first kappa shape index (κ1) is 9.48. The number of rotatable bonds is 0. The van der Waals surface area contributed by atoms with Gasteiger partial charge >= 0.3 is 0 Å². The standard InChI is InChI=1S/C8H12.C2H6/c1-7-3-5-8(2)6-4-7;1-2/h3,5H,4,6H2,1-2H3;1-2H3. The molecule has 0 aromatic carbocycles. The molecule has 0 aliphatic heterocycles. The molecule has 0 saturated heterocycles. The fourth-order valence-corrected chi connectivity index (χ4v) is 0.846. The molecule has 1 rings (SSSR count). The summed E-state index contributed by atoms with van der Waals surface area (Å²) in [7, 11) is 0. The number of allylic oxidation sites excluding steroid dienone is 4. The summed E-state index contributed by atoms with van der Waals surface area (Å²) in [5, 5.41) is 0. The van der Waals surface area contributed by atoms with Crippen molar-refractivity contribution in [1.29, 1.82) is 0 Å². The molecule has 1 aliphatic carbocycles. The van der Waals surface area contributed by atoms with Gasteiger partial charge in [0.2, 0.25) is 0 Å². The average Bonchev–Trinajstić information content (AvgIpc) is 2.00. The minimum Gasteiger partial charge on any atom is -0.0730 e. The lowest BCUT2D eigenvalue weighted by molar-refractivity contribution is 0.906. The van der Waals surface area contributed by atoms with Gasteiger partial charge in [0, 0.05) is 0 Å². The highest BCUT2D eigenvalue weighted by Gasteiger charge is 1.95. The molecule has 0 heteroatoms. The topological polar surface area (TPSA) is 0 Å². The number of hydrogen-bond donors (Lipinski definition) is 0. The van der Waals surface area contributed by atoms with Gasteiger partial charge in [-0.05, 0) is 26.7 Å². The lowest BCUT2D eigenvalue weighted by Gasteiger charge is -2.05. The van der Waals surface area contributed by atoms with Crippen LogP contribution in [0, 0.1) is 0 Å². The highest BCUT2D eigenvalue weighted by Crippen LogP contribution is 2.15. The quantitative estimate of drug-likeness (QED) is 0.479. The van der Waals surface area contributed by atoms with Crippen molar-refractivity contribution in [3.8, 4) is 0 Å². The summed E-state index contributed by atoms with van der Waals surface area (Å²) in [6.07, 6.45) is 6.95. The summed E-state index contributed by atoms with van der Waals surface area (Å²) in [5.41, 5.74) is 3.02. The van der Waals surface area contributed by atoms with E-state index in [0.717, 1.165) is 0 Å². The first-order valence-corrected chi connectivity index (χ1v) is 4.12. The Kier molecular flexibility index (Phi) is 5.00. The SMILES string of the molecule is CC.CC1=CC=C(C)CC1. The van der Waals surface area contributed by atoms with Crippen LogP contribution in [0.2, 0.25) is 0 Å². The van der Waals surface area contributed by atoms with Gasteiger partial charge in [0.1, 0.15) is 0 Å². The Morgan fingerprint density at radius 2 is 1.20 bits per heavy atom. The van der Waals surface area contributed by atoms with Crippen molar-refractivity contribution < 1.29 is 0 Å². The van der Waals surface area contributed by atoms with E-state index < -0.39 is 0 Å². The fraction of sp³-hybridized carbons (Fsp3) is 0.600. The maximum atomic E-state index is 2.21. The second-order valence-corrected chi connectivity index (χ2v) is 2.53. The Balaban J connectivity index is 0.000000371. The van der Waals surface area contributed by atoms with Crippen LogP contribution in [-0.4, -0.2) is 0 Å². The van der Waals surface area contributed by atoms with Crippen molar-refractivity contribution >= 4 is 0 Å². The van der Waals surface area contributed by atoms with E-state index in [2.05, 4.69) is 26.0 Å². The Labute approximate surface area is 64.6 Å². The minimum absolute atomic E-state index is 1.27. The van der Waals surface area contributed by atoms with Crippen molar-refractivity contribution in [1.82, 2.24) is 0 Å². The maximum Gasteiger partial charge on any atom is -0.0283 e. The van der Waals surface area contributed by atoms with E-state index >= 15 is 0 Å². The predicted molar refractivity (Wildman–Crippen MR) is 48.1 cm³/mol.